The number of hydrogen-bond donors (Lipinski definition) is 1. The monoisotopic (exact) mass is 321 g/mol. The fourth-order valence-electron chi connectivity index (χ4n) is 3.25. The van der Waals surface area contributed by atoms with Crippen LogP contribution in [0.5, 0.6) is 0 Å². The SMILES string of the molecule is CC1CCCN(Cc2cc(-c3ccccc3)on2)C1CN.Cl. The first-order chi connectivity index (χ1) is 10.3. The lowest BCUT2D eigenvalue weighted by molar-refractivity contribution is 0.0966. The quantitative estimate of drug-likeness (QED) is 0.938. The van der Waals surface area contributed by atoms with Crippen molar-refractivity contribution in [3.63, 3.8) is 0 Å². The normalized spacial score (nSPS) is 22.3. The highest BCUT2D eigenvalue weighted by Crippen LogP contribution is 2.25. The van der Waals surface area contributed by atoms with Crippen molar-refractivity contribution in [2.24, 2.45) is 11.7 Å². The van der Waals surface area contributed by atoms with Gasteiger partial charge >= 0.3 is 0 Å². The number of aromatic nitrogens is 1. The molecule has 5 heteroatoms. The lowest BCUT2D eigenvalue weighted by Gasteiger charge is -2.38. The van der Waals surface area contributed by atoms with Crippen LogP contribution in [-0.4, -0.2) is 29.2 Å². The Balaban J connectivity index is 0.00000176. The van der Waals surface area contributed by atoms with Crippen LogP contribution in [0.4, 0.5) is 0 Å². The van der Waals surface area contributed by atoms with Gasteiger partial charge in [-0.2, -0.15) is 0 Å². The van der Waals surface area contributed by atoms with E-state index in [1.807, 2.05) is 36.4 Å². The number of nitrogens with zero attached hydrogens (tertiary/aromatic N) is 2. The molecule has 1 aliphatic rings. The Bertz CT molecular complexity index is 572. The highest BCUT2D eigenvalue weighted by atomic mass is 35.5. The molecule has 4 nitrogen and oxygen atoms in total. The average molecular weight is 322 g/mol. The number of nitrogens with two attached hydrogens (primary N) is 1. The smallest absolute Gasteiger partial charge is 0.167 e. The molecule has 2 unspecified atom stereocenters. The van der Waals surface area contributed by atoms with E-state index < -0.39 is 0 Å². The van der Waals surface area contributed by atoms with E-state index in [2.05, 4.69) is 17.0 Å². The highest BCUT2D eigenvalue weighted by molar-refractivity contribution is 5.85. The molecule has 2 heterocycles. The van der Waals surface area contributed by atoms with E-state index in [0.717, 1.165) is 30.1 Å². The van der Waals surface area contributed by atoms with E-state index in [1.165, 1.54) is 12.8 Å². The summed E-state index contributed by atoms with van der Waals surface area (Å²) in [6, 6.07) is 12.6. The molecule has 1 fully saturated rings. The maximum absolute atomic E-state index is 5.95. The number of piperidine rings is 1. The zero-order valence-corrected chi connectivity index (χ0v) is 13.8. The summed E-state index contributed by atoms with van der Waals surface area (Å²) < 4.78 is 5.48. The molecule has 0 spiro atoms. The Labute approximate surface area is 138 Å². The van der Waals surface area contributed by atoms with Gasteiger partial charge in [-0.25, -0.2) is 0 Å². The van der Waals surface area contributed by atoms with Crippen LogP contribution in [0.3, 0.4) is 0 Å². The Morgan fingerprint density at radius 1 is 1.32 bits per heavy atom. The molecule has 0 radical (unpaired) electrons. The second-order valence-electron chi connectivity index (χ2n) is 5.94. The minimum Gasteiger partial charge on any atom is -0.356 e. The zero-order chi connectivity index (χ0) is 14.7. The lowest BCUT2D eigenvalue weighted by Crippen LogP contribution is -2.48. The van der Waals surface area contributed by atoms with Crippen molar-refractivity contribution < 1.29 is 4.52 Å². The predicted octanol–water partition coefficient (Wildman–Crippen LogP) is 3.32. The van der Waals surface area contributed by atoms with E-state index in [4.69, 9.17) is 10.3 Å². The molecule has 22 heavy (non-hydrogen) atoms. The number of rotatable bonds is 4. The molecule has 2 aromatic rings. The highest BCUT2D eigenvalue weighted by Gasteiger charge is 2.27. The van der Waals surface area contributed by atoms with Crippen LogP contribution in [0.1, 0.15) is 25.5 Å². The van der Waals surface area contributed by atoms with Crippen LogP contribution in [-0.2, 0) is 6.54 Å². The van der Waals surface area contributed by atoms with Crippen LogP contribution in [0.15, 0.2) is 40.9 Å². The molecule has 120 valence electrons. The zero-order valence-electron chi connectivity index (χ0n) is 12.9. The fraction of sp³-hybridized carbons (Fsp3) is 0.471. The third-order valence-electron chi connectivity index (χ3n) is 4.45. The molecular formula is C17H24ClN3O. The molecule has 0 saturated carbocycles. The summed E-state index contributed by atoms with van der Waals surface area (Å²) in [4.78, 5) is 2.45. The third-order valence-corrected chi connectivity index (χ3v) is 4.45. The predicted molar refractivity (Wildman–Crippen MR) is 90.8 cm³/mol. The van der Waals surface area contributed by atoms with Gasteiger partial charge in [0.1, 0.15) is 0 Å². The lowest BCUT2D eigenvalue weighted by atomic mass is 9.90. The number of hydrogen-bond acceptors (Lipinski definition) is 4. The minimum atomic E-state index is 0. The summed E-state index contributed by atoms with van der Waals surface area (Å²) in [6.45, 7) is 4.93. The van der Waals surface area contributed by atoms with Crippen LogP contribution in [0.2, 0.25) is 0 Å². The number of likely N-dealkylation sites (tertiary alicyclic amines) is 1. The number of benzene rings is 1. The first-order valence-corrected chi connectivity index (χ1v) is 7.73. The fourth-order valence-corrected chi connectivity index (χ4v) is 3.25. The summed E-state index contributed by atoms with van der Waals surface area (Å²) >= 11 is 0. The van der Waals surface area contributed by atoms with Gasteiger partial charge in [-0.3, -0.25) is 4.90 Å². The van der Waals surface area contributed by atoms with Crippen molar-refractivity contribution in [3.8, 4) is 11.3 Å². The van der Waals surface area contributed by atoms with Crippen molar-refractivity contribution in [3.05, 3.63) is 42.1 Å². The summed E-state index contributed by atoms with van der Waals surface area (Å²) in [5, 5.41) is 4.22. The van der Waals surface area contributed by atoms with E-state index in [-0.39, 0.29) is 12.4 Å². The van der Waals surface area contributed by atoms with Crippen molar-refractivity contribution in [1.29, 1.82) is 0 Å². The van der Waals surface area contributed by atoms with Crippen molar-refractivity contribution in [2.45, 2.75) is 32.4 Å². The van der Waals surface area contributed by atoms with E-state index in [9.17, 15) is 0 Å². The van der Waals surface area contributed by atoms with Crippen molar-refractivity contribution in [1.82, 2.24) is 10.1 Å². The van der Waals surface area contributed by atoms with E-state index in [0.29, 0.717) is 18.5 Å². The summed E-state index contributed by atoms with van der Waals surface area (Å²) in [5.74, 6) is 1.49. The summed E-state index contributed by atoms with van der Waals surface area (Å²) in [6.07, 6.45) is 2.51. The Morgan fingerprint density at radius 3 is 2.82 bits per heavy atom. The maximum atomic E-state index is 5.95. The van der Waals surface area contributed by atoms with Crippen molar-refractivity contribution >= 4 is 12.4 Å². The van der Waals surface area contributed by atoms with Gasteiger partial charge < -0.3 is 10.3 Å². The molecular weight excluding hydrogens is 298 g/mol. The molecule has 0 aliphatic carbocycles. The topological polar surface area (TPSA) is 55.3 Å². The first kappa shape index (κ1) is 17.0. The van der Waals surface area contributed by atoms with Gasteiger partial charge in [0.2, 0.25) is 0 Å². The van der Waals surface area contributed by atoms with E-state index >= 15 is 0 Å². The van der Waals surface area contributed by atoms with Gasteiger partial charge in [0.25, 0.3) is 0 Å². The Morgan fingerprint density at radius 2 is 2.09 bits per heavy atom. The largest absolute Gasteiger partial charge is 0.356 e. The van der Waals surface area contributed by atoms with Crippen LogP contribution in [0, 0.1) is 5.92 Å². The average Bonchev–Trinajstić information content (AvgIpc) is 2.97. The second kappa shape index (κ2) is 7.77. The van der Waals surface area contributed by atoms with Crippen molar-refractivity contribution in [2.75, 3.05) is 13.1 Å². The van der Waals surface area contributed by atoms with Crippen LogP contribution >= 0.6 is 12.4 Å². The summed E-state index contributed by atoms with van der Waals surface area (Å²) in [5.41, 5.74) is 8.00. The standard InChI is InChI=1S/C17H23N3O.ClH/c1-13-6-5-9-20(16(13)11-18)12-15-10-17(21-19-15)14-7-3-2-4-8-14;/h2-4,7-8,10,13,16H,5-6,9,11-12,18H2,1H3;1H. The first-order valence-electron chi connectivity index (χ1n) is 7.73. The Kier molecular flexibility index (Phi) is 6.00. The van der Waals surface area contributed by atoms with Gasteiger partial charge in [0, 0.05) is 30.8 Å². The molecule has 2 atom stereocenters. The molecule has 2 N–H and O–H groups in total. The molecule has 1 aromatic heterocycles. The minimum absolute atomic E-state index is 0. The van der Waals surface area contributed by atoms with Gasteiger partial charge in [0.05, 0.1) is 5.69 Å². The second-order valence-corrected chi connectivity index (χ2v) is 5.94. The van der Waals surface area contributed by atoms with Gasteiger partial charge in [-0.05, 0) is 25.3 Å². The maximum Gasteiger partial charge on any atom is 0.167 e. The molecule has 1 saturated heterocycles. The van der Waals surface area contributed by atoms with E-state index in [1.54, 1.807) is 0 Å². The molecule has 1 aromatic carbocycles. The van der Waals surface area contributed by atoms with Crippen LogP contribution < -0.4 is 5.73 Å². The molecule has 3 rings (SSSR count). The third kappa shape index (κ3) is 3.69. The Hall–Kier alpha value is -1.36. The van der Waals surface area contributed by atoms with Gasteiger partial charge in [0.15, 0.2) is 5.76 Å². The molecule has 0 amide bonds. The molecule has 0 bridgehead atoms. The van der Waals surface area contributed by atoms with Crippen LogP contribution in [0.25, 0.3) is 11.3 Å². The van der Waals surface area contributed by atoms with Gasteiger partial charge in [-0.15, -0.1) is 12.4 Å². The van der Waals surface area contributed by atoms with Gasteiger partial charge in [-0.1, -0.05) is 42.4 Å². The summed E-state index contributed by atoms with van der Waals surface area (Å²) in [7, 11) is 0. The molecule has 1 aliphatic heterocycles. The number of halogens is 1.